The number of nitrogen functional groups attached to an aromatic ring is 1. The Morgan fingerprint density at radius 3 is 2.62 bits per heavy atom. The quantitative estimate of drug-likeness (QED) is 0.210. The van der Waals surface area contributed by atoms with E-state index in [1.165, 1.54) is 23.9 Å². The molecule has 0 unspecified atom stereocenters. The molecule has 16 heavy (non-hydrogen) atoms. The summed E-state index contributed by atoms with van der Waals surface area (Å²) in [6.45, 7) is 0. The molecule has 1 aromatic carbocycles. The van der Waals surface area contributed by atoms with Crippen molar-refractivity contribution in [3.8, 4) is 11.5 Å². The van der Waals surface area contributed by atoms with Crippen molar-refractivity contribution in [1.29, 1.82) is 0 Å². The second-order valence-corrected chi connectivity index (χ2v) is 3.77. The highest BCUT2D eigenvalue weighted by Gasteiger charge is 2.13. The van der Waals surface area contributed by atoms with Crippen molar-refractivity contribution >= 4 is 29.5 Å². The van der Waals surface area contributed by atoms with Crippen molar-refractivity contribution in [1.82, 2.24) is 0 Å². The van der Waals surface area contributed by atoms with Crippen LogP contribution in [0.15, 0.2) is 17.0 Å². The minimum absolute atomic E-state index is 0.201. The summed E-state index contributed by atoms with van der Waals surface area (Å²) in [6.07, 6.45) is 3.80. The molecule has 0 fully saturated rings. The topological polar surface area (TPSA) is 104 Å². The minimum Gasteiger partial charge on any atom is -0.504 e. The summed E-state index contributed by atoms with van der Waals surface area (Å²) in [5.74, 6) is -1.90. The third-order valence-corrected chi connectivity index (χ3v) is 2.76. The fourth-order valence-electron chi connectivity index (χ4n) is 1.22. The molecule has 5 nitrogen and oxygen atoms in total. The molecular formula is C10H11NO4S. The first-order valence-electron chi connectivity index (χ1n) is 4.26. The van der Waals surface area contributed by atoms with Crippen molar-refractivity contribution in [2.75, 3.05) is 12.0 Å². The predicted octanol–water partition coefficient (Wildman–Crippen LogP) is 1.50. The molecule has 0 radical (unpaired) electrons. The van der Waals surface area contributed by atoms with E-state index in [1.807, 2.05) is 0 Å². The van der Waals surface area contributed by atoms with Gasteiger partial charge < -0.3 is 21.1 Å². The van der Waals surface area contributed by atoms with E-state index in [1.54, 1.807) is 6.26 Å². The monoisotopic (exact) mass is 241 g/mol. The fourth-order valence-corrected chi connectivity index (χ4v) is 1.90. The molecule has 0 aromatic heterocycles. The number of carboxylic acid groups (broad SMARTS) is 1. The van der Waals surface area contributed by atoms with Crippen LogP contribution < -0.4 is 5.73 Å². The molecule has 6 heteroatoms. The zero-order valence-corrected chi connectivity index (χ0v) is 9.28. The van der Waals surface area contributed by atoms with Gasteiger partial charge in [-0.1, -0.05) is 0 Å². The number of benzene rings is 1. The molecule has 86 valence electrons. The Hall–Kier alpha value is -1.82. The van der Waals surface area contributed by atoms with Crippen LogP contribution in [0.2, 0.25) is 0 Å². The zero-order valence-electron chi connectivity index (χ0n) is 8.47. The summed E-state index contributed by atoms with van der Waals surface area (Å²) in [6, 6.07) is 1.22. The first-order valence-corrected chi connectivity index (χ1v) is 5.49. The average Bonchev–Trinajstić information content (AvgIpc) is 2.20. The summed E-state index contributed by atoms with van der Waals surface area (Å²) in [7, 11) is 0. The molecule has 0 heterocycles. The number of phenols is 2. The van der Waals surface area contributed by atoms with E-state index in [9.17, 15) is 15.0 Å². The van der Waals surface area contributed by atoms with E-state index < -0.39 is 5.97 Å². The maximum Gasteiger partial charge on any atom is 0.328 e. The second-order valence-electron chi connectivity index (χ2n) is 2.95. The Balaban J connectivity index is 3.39. The van der Waals surface area contributed by atoms with E-state index in [2.05, 4.69) is 0 Å². The lowest BCUT2D eigenvalue weighted by Gasteiger charge is -2.10. The highest BCUT2D eigenvalue weighted by atomic mass is 32.2. The molecule has 0 saturated carbocycles. The Bertz CT molecular complexity index is 457. The molecule has 0 atom stereocenters. The van der Waals surface area contributed by atoms with E-state index in [-0.39, 0.29) is 22.7 Å². The number of thioether (sulfide) groups is 1. The minimum atomic E-state index is -1.15. The summed E-state index contributed by atoms with van der Waals surface area (Å²) >= 11 is 1.26. The lowest BCUT2D eigenvalue weighted by atomic mass is 10.1. The number of phenolic OH excluding ortho intramolecular Hbond substituents is 2. The highest BCUT2D eigenvalue weighted by Crippen LogP contribution is 2.40. The number of rotatable bonds is 3. The molecule has 1 aromatic rings. The van der Waals surface area contributed by atoms with Crippen molar-refractivity contribution in [3.63, 3.8) is 0 Å². The number of nitrogens with two attached hydrogens (primary N) is 1. The maximum absolute atomic E-state index is 10.4. The molecule has 0 amide bonds. The van der Waals surface area contributed by atoms with Gasteiger partial charge in [-0.05, 0) is 12.3 Å². The van der Waals surface area contributed by atoms with Gasteiger partial charge in [0.1, 0.15) is 0 Å². The van der Waals surface area contributed by atoms with Crippen LogP contribution in [0.25, 0.3) is 6.08 Å². The van der Waals surface area contributed by atoms with Gasteiger partial charge in [0.2, 0.25) is 0 Å². The number of hydrogen-bond acceptors (Lipinski definition) is 5. The van der Waals surface area contributed by atoms with Gasteiger partial charge in [0.15, 0.2) is 11.5 Å². The van der Waals surface area contributed by atoms with E-state index in [0.717, 1.165) is 6.08 Å². The van der Waals surface area contributed by atoms with Gasteiger partial charge in [0, 0.05) is 28.3 Å². The van der Waals surface area contributed by atoms with Crippen molar-refractivity contribution in [2.45, 2.75) is 4.90 Å². The first-order chi connectivity index (χ1) is 7.47. The summed E-state index contributed by atoms with van der Waals surface area (Å²) < 4.78 is 0. The Morgan fingerprint density at radius 1 is 1.50 bits per heavy atom. The normalized spacial score (nSPS) is 10.8. The average molecular weight is 241 g/mol. The fraction of sp³-hybridized carbons (Fsp3) is 0.100. The van der Waals surface area contributed by atoms with E-state index >= 15 is 0 Å². The number of carbonyl (C=O) groups is 1. The Morgan fingerprint density at radius 2 is 2.12 bits per heavy atom. The molecule has 0 spiro atoms. The van der Waals surface area contributed by atoms with Crippen LogP contribution >= 0.6 is 11.8 Å². The summed E-state index contributed by atoms with van der Waals surface area (Å²) in [4.78, 5) is 10.9. The maximum atomic E-state index is 10.4. The first kappa shape index (κ1) is 12.3. The molecule has 0 saturated heterocycles. The number of anilines is 1. The van der Waals surface area contributed by atoms with Gasteiger partial charge >= 0.3 is 5.97 Å². The lowest BCUT2D eigenvalue weighted by molar-refractivity contribution is -0.131. The van der Waals surface area contributed by atoms with Crippen LogP contribution in [0.1, 0.15) is 5.56 Å². The van der Waals surface area contributed by atoms with Crippen LogP contribution in [-0.2, 0) is 4.79 Å². The Kier molecular flexibility index (Phi) is 3.68. The van der Waals surface area contributed by atoms with Gasteiger partial charge in [-0.3, -0.25) is 0 Å². The van der Waals surface area contributed by atoms with Gasteiger partial charge in [-0.15, -0.1) is 11.8 Å². The number of carboxylic acids is 1. The highest BCUT2D eigenvalue weighted by molar-refractivity contribution is 7.98. The van der Waals surface area contributed by atoms with Crippen LogP contribution in [0.3, 0.4) is 0 Å². The Labute approximate surface area is 96.2 Å². The largest absolute Gasteiger partial charge is 0.504 e. The molecule has 0 bridgehead atoms. The van der Waals surface area contributed by atoms with Gasteiger partial charge in [0.05, 0.1) is 0 Å². The van der Waals surface area contributed by atoms with Gasteiger partial charge in [0.25, 0.3) is 0 Å². The van der Waals surface area contributed by atoms with Gasteiger partial charge in [-0.25, -0.2) is 4.79 Å². The predicted molar refractivity (Wildman–Crippen MR) is 62.6 cm³/mol. The number of aliphatic carboxylic acids is 1. The van der Waals surface area contributed by atoms with Crippen molar-refractivity contribution in [2.24, 2.45) is 0 Å². The molecule has 0 aliphatic rings. The van der Waals surface area contributed by atoms with E-state index in [4.69, 9.17) is 10.8 Å². The molecule has 5 N–H and O–H groups in total. The van der Waals surface area contributed by atoms with Crippen molar-refractivity contribution in [3.05, 3.63) is 17.7 Å². The standard InChI is InChI=1S/C10H11NO4S/c1-16-10-5(2-3-8(13)14)9(15)7(12)4-6(10)11/h2-4,12,15H,11H2,1H3,(H,13,14). The van der Waals surface area contributed by atoms with E-state index in [0.29, 0.717) is 4.90 Å². The van der Waals surface area contributed by atoms with Crippen molar-refractivity contribution < 1.29 is 20.1 Å². The lowest BCUT2D eigenvalue weighted by Crippen LogP contribution is -1.93. The molecule has 0 aliphatic heterocycles. The third kappa shape index (κ3) is 2.40. The molecular weight excluding hydrogens is 230 g/mol. The second kappa shape index (κ2) is 4.80. The van der Waals surface area contributed by atoms with Crippen LogP contribution in [0.5, 0.6) is 11.5 Å². The molecule has 0 aliphatic carbocycles. The molecule has 1 rings (SSSR count). The smallest absolute Gasteiger partial charge is 0.328 e. The number of hydrogen-bond donors (Lipinski definition) is 4. The van der Waals surface area contributed by atoms with Crippen LogP contribution in [0, 0.1) is 0 Å². The zero-order chi connectivity index (χ0) is 12.3. The number of aromatic hydroxyl groups is 2. The van der Waals surface area contributed by atoms with Gasteiger partial charge in [-0.2, -0.15) is 0 Å². The van der Waals surface area contributed by atoms with Crippen LogP contribution in [0.4, 0.5) is 5.69 Å². The van der Waals surface area contributed by atoms with Crippen LogP contribution in [-0.4, -0.2) is 27.5 Å². The SMILES string of the molecule is CSc1c(N)cc(O)c(O)c1C=CC(=O)O. The third-order valence-electron chi connectivity index (χ3n) is 1.89. The summed E-state index contributed by atoms with van der Waals surface area (Å²) in [5.41, 5.74) is 6.12. The summed E-state index contributed by atoms with van der Waals surface area (Å²) in [5, 5.41) is 27.4.